The highest BCUT2D eigenvalue weighted by atomic mass is 32.1. The Bertz CT molecular complexity index is 574. The third-order valence-corrected chi connectivity index (χ3v) is 4.98. The maximum Gasteiger partial charge on any atom is 0.152 e. The van der Waals surface area contributed by atoms with Crippen molar-refractivity contribution in [1.29, 1.82) is 0 Å². The second-order valence-electron chi connectivity index (χ2n) is 4.90. The number of hydrogen-bond donors (Lipinski definition) is 1. The van der Waals surface area contributed by atoms with Gasteiger partial charge < -0.3 is 5.43 Å². The highest BCUT2D eigenvalue weighted by molar-refractivity contribution is 7.19. The van der Waals surface area contributed by atoms with Gasteiger partial charge >= 0.3 is 0 Å². The molecule has 0 bridgehead atoms. The molecule has 3 rings (SSSR count). The van der Waals surface area contributed by atoms with E-state index in [4.69, 9.17) is 0 Å². The highest BCUT2D eigenvalue weighted by Crippen LogP contribution is 2.38. The van der Waals surface area contributed by atoms with Crippen molar-refractivity contribution in [3.05, 3.63) is 16.8 Å². The summed E-state index contributed by atoms with van der Waals surface area (Å²) in [5.74, 6) is 0.980. The Morgan fingerprint density at radius 3 is 2.79 bits per heavy atom. The van der Waals surface area contributed by atoms with Crippen LogP contribution in [0.4, 0.5) is 5.82 Å². The zero-order valence-electron chi connectivity index (χ0n) is 11.6. The predicted octanol–water partition coefficient (Wildman–Crippen LogP) is 3.24. The van der Waals surface area contributed by atoms with Crippen LogP contribution in [0.3, 0.4) is 0 Å². The zero-order chi connectivity index (χ0) is 13.2. The molecule has 0 aliphatic heterocycles. The number of aryl methyl sites for hydroxylation is 2. The van der Waals surface area contributed by atoms with Crippen molar-refractivity contribution in [2.24, 2.45) is 0 Å². The molecule has 19 heavy (non-hydrogen) atoms. The Kier molecular flexibility index (Phi) is 3.66. The Hall–Kier alpha value is -1.20. The molecule has 2 aromatic rings. The van der Waals surface area contributed by atoms with Gasteiger partial charge in [-0.2, -0.15) is 0 Å². The van der Waals surface area contributed by atoms with E-state index in [9.17, 15) is 0 Å². The van der Waals surface area contributed by atoms with Gasteiger partial charge in [0.25, 0.3) is 0 Å². The zero-order valence-corrected chi connectivity index (χ0v) is 12.4. The van der Waals surface area contributed by atoms with Gasteiger partial charge in [0.2, 0.25) is 0 Å². The predicted molar refractivity (Wildman–Crippen MR) is 80.6 cm³/mol. The van der Waals surface area contributed by atoms with Crippen LogP contribution in [0.1, 0.15) is 37.1 Å². The van der Waals surface area contributed by atoms with Gasteiger partial charge in [-0.15, -0.1) is 11.3 Å². The first-order valence-corrected chi connectivity index (χ1v) is 7.92. The van der Waals surface area contributed by atoms with Crippen molar-refractivity contribution in [3.63, 3.8) is 0 Å². The van der Waals surface area contributed by atoms with Crippen LogP contribution >= 0.6 is 11.3 Å². The number of anilines is 1. The summed E-state index contributed by atoms with van der Waals surface area (Å²) in [4.78, 5) is 11.6. The van der Waals surface area contributed by atoms with Gasteiger partial charge in [0.1, 0.15) is 11.2 Å². The molecule has 102 valence electrons. The normalized spacial score (nSPS) is 14.9. The van der Waals surface area contributed by atoms with Crippen LogP contribution in [0.15, 0.2) is 6.33 Å². The molecule has 0 unspecified atom stereocenters. The van der Waals surface area contributed by atoms with Crippen LogP contribution in [0.2, 0.25) is 0 Å². The lowest BCUT2D eigenvalue weighted by atomic mass is 9.97. The average Bonchev–Trinajstić information content (AvgIpc) is 2.84. The van der Waals surface area contributed by atoms with Crippen molar-refractivity contribution < 1.29 is 0 Å². The van der Waals surface area contributed by atoms with Crippen molar-refractivity contribution in [2.45, 2.75) is 39.5 Å². The molecule has 0 saturated heterocycles. The molecule has 0 radical (unpaired) electrons. The second-order valence-corrected chi connectivity index (χ2v) is 5.98. The Labute approximate surface area is 117 Å². The number of rotatable bonds is 4. The Morgan fingerprint density at radius 1 is 1.21 bits per heavy atom. The van der Waals surface area contributed by atoms with E-state index >= 15 is 0 Å². The number of nitrogens with one attached hydrogen (secondary N) is 1. The second kappa shape index (κ2) is 5.43. The summed E-state index contributed by atoms with van der Waals surface area (Å²) in [6, 6.07) is 0. The van der Waals surface area contributed by atoms with Gasteiger partial charge in [0.15, 0.2) is 5.82 Å². The molecule has 0 amide bonds. The van der Waals surface area contributed by atoms with E-state index in [1.165, 1.54) is 41.5 Å². The van der Waals surface area contributed by atoms with E-state index in [0.29, 0.717) is 0 Å². The third-order valence-electron chi connectivity index (χ3n) is 3.78. The summed E-state index contributed by atoms with van der Waals surface area (Å²) >= 11 is 1.85. The van der Waals surface area contributed by atoms with Crippen molar-refractivity contribution in [1.82, 2.24) is 15.0 Å². The number of aromatic nitrogens is 2. The first-order chi connectivity index (χ1) is 9.33. The summed E-state index contributed by atoms with van der Waals surface area (Å²) in [5, 5.41) is 3.43. The maximum atomic E-state index is 4.47. The Morgan fingerprint density at radius 2 is 2.00 bits per heavy atom. The standard InChI is InChI=1S/C14H20N4S/c1-3-18(4-2)17-13-12-10-7-5-6-8-11(10)19-14(12)16-9-15-13/h9H,3-8H2,1-2H3,(H,15,16,17). The molecule has 1 aliphatic rings. The fourth-order valence-electron chi connectivity index (χ4n) is 2.71. The summed E-state index contributed by atoms with van der Waals surface area (Å²) in [6.45, 7) is 6.23. The first kappa shape index (κ1) is 12.8. The molecular weight excluding hydrogens is 256 g/mol. The van der Waals surface area contributed by atoms with Crippen LogP contribution in [-0.4, -0.2) is 28.1 Å². The molecule has 2 heterocycles. The molecule has 1 N–H and O–H groups in total. The number of hydrazine groups is 1. The molecule has 4 nitrogen and oxygen atoms in total. The van der Waals surface area contributed by atoms with E-state index in [-0.39, 0.29) is 0 Å². The molecule has 1 aliphatic carbocycles. The lowest BCUT2D eigenvalue weighted by molar-refractivity contribution is 0.366. The molecular formula is C14H20N4S. The summed E-state index contributed by atoms with van der Waals surface area (Å²) < 4.78 is 0. The lowest BCUT2D eigenvalue weighted by Crippen LogP contribution is -2.29. The van der Waals surface area contributed by atoms with Crippen molar-refractivity contribution >= 4 is 27.4 Å². The van der Waals surface area contributed by atoms with E-state index in [1.54, 1.807) is 6.33 Å². The number of hydrogen-bond acceptors (Lipinski definition) is 5. The summed E-state index contributed by atoms with van der Waals surface area (Å²) in [7, 11) is 0. The van der Waals surface area contributed by atoms with E-state index in [2.05, 4.69) is 34.3 Å². The molecule has 2 aromatic heterocycles. The first-order valence-electron chi connectivity index (χ1n) is 7.10. The van der Waals surface area contributed by atoms with E-state index in [0.717, 1.165) is 23.7 Å². The van der Waals surface area contributed by atoms with Crippen molar-refractivity contribution in [2.75, 3.05) is 18.5 Å². The van der Waals surface area contributed by atoms with Crippen LogP contribution in [0, 0.1) is 0 Å². The minimum atomic E-state index is 0.967. The van der Waals surface area contributed by atoms with E-state index in [1.807, 2.05) is 11.3 Å². The smallest absolute Gasteiger partial charge is 0.152 e. The van der Waals surface area contributed by atoms with Crippen molar-refractivity contribution in [3.8, 4) is 0 Å². The molecule has 0 saturated carbocycles. The molecule has 0 fully saturated rings. The minimum Gasteiger partial charge on any atom is -0.302 e. The van der Waals surface area contributed by atoms with Crippen LogP contribution in [0.25, 0.3) is 10.2 Å². The minimum absolute atomic E-state index is 0.967. The third kappa shape index (κ3) is 2.32. The van der Waals surface area contributed by atoms with Crippen LogP contribution in [0.5, 0.6) is 0 Å². The fourth-order valence-corrected chi connectivity index (χ4v) is 3.94. The fraction of sp³-hybridized carbons (Fsp3) is 0.571. The van der Waals surface area contributed by atoms with Gasteiger partial charge in [0.05, 0.1) is 5.39 Å². The summed E-state index contributed by atoms with van der Waals surface area (Å²) in [6.07, 6.45) is 6.66. The highest BCUT2D eigenvalue weighted by Gasteiger charge is 2.20. The SMILES string of the molecule is CCN(CC)Nc1ncnc2sc3c(c12)CCCC3. The monoisotopic (exact) mass is 276 g/mol. The van der Waals surface area contributed by atoms with Gasteiger partial charge in [-0.3, -0.25) is 0 Å². The molecule has 5 heteroatoms. The number of nitrogens with zero attached hydrogens (tertiary/aromatic N) is 3. The topological polar surface area (TPSA) is 41.0 Å². The summed E-state index contributed by atoms with van der Waals surface area (Å²) in [5.41, 5.74) is 4.93. The largest absolute Gasteiger partial charge is 0.302 e. The Balaban J connectivity index is 2.06. The van der Waals surface area contributed by atoms with Gasteiger partial charge in [0, 0.05) is 18.0 Å². The quantitative estimate of drug-likeness (QED) is 0.870. The number of thiophene rings is 1. The van der Waals surface area contributed by atoms with E-state index < -0.39 is 0 Å². The lowest BCUT2D eigenvalue weighted by Gasteiger charge is -2.21. The molecule has 0 spiro atoms. The average molecular weight is 276 g/mol. The van der Waals surface area contributed by atoms with Gasteiger partial charge in [-0.25, -0.2) is 15.0 Å². The number of fused-ring (bicyclic) bond motifs is 3. The van der Waals surface area contributed by atoms with Gasteiger partial charge in [-0.1, -0.05) is 13.8 Å². The molecule has 0 aromatic carbocycles. The maximum absolute atomic E-state index is 4.47. The molecule has 0 atom stereocenters. The van der Waals surface area contributed by atoms with Gasteiger partial charge in [-0.05, 0) is 31.2 Å². The van der Waals surface area contributed by atoms with Crippen LogP contribution in [-0.2, 0) is 12.8 Å². The van der Waals surface area contributed by atoms with Crippen LogP contribution < -0.4 is 5.43 Å².